The van der Waals surface area contributed by atoms with Crippen LogP contribution in [0, 0.1) is 6.92 Å². The minimum atomic E-state index is 0.616. The molecule has 0 aromatic heterocycles. The lowest BCUT2D eigenvalue weighted by atomic mass is 10.2. The molecule has 0 bridgehead atoms. The number of hydrogen-bond acceptors (Lipinski definition) is 4. The van der Waals surface area contributed by atoms with Crippen molar-refractivity contribution in [1.29, 1.82) is 0 Å². The van der Waals surface area contributed by atoms with Gasteiger partial charge in [0.05, 0.1) is 13.2 Å². The van der Waals surface area contributed by atoms with Gasteiger partial charge in [-0.3, -0.25) is 4.90 Å². The first kappa shape index (κ1) is 14.3. The Labute approximate surface area is 115 Å². The average Bonchev–Trinajstić information content (AvgIpc) is 2.46. The number of ether oxygens (including phenoxy) is 2. The topological polar surface area (TPSA) is 33.7 Å². The van der Waals surface area contributed by atoms with E-state index in [1.807, 2.05) is 12.1 Å². The second-order valence-electron chi connectivity index (χ2n) is 4.87. The molecule has 0 saturated carbocycles. The fraction of sp³-hybridized carbons (Fsp3) is 0.600. The lowest BCUT2D eigenvalue weighted by Crippen LogP contribution is -2.44. The summed E-state index contributed by atoms with van der Waals surface area (Å²) in [6, 6.07) is 8.10. The maximum atomic E-state index is 5.60. The molecule has 1 aromatic rings. The van der Waals surface area contributed by atoms with Gasteiger partial charge in [-0.2, -0.15) is 0 Å². The number of aryl methyl sites for hydroxylation is 1. The third kappa shape index (κ3) is 5.59. The molecule has 1 aliphatic rings. The highest BCUT2D eigenvalue weighted by Gasteiger charge is 2.08. The molecular formula is C15H24N2O2. The van der Waals surface area contributed by atoms with Crippen molar-refractivity contribution in [2.45, 2.75) is 6.92 Å². The molecule has 0 spiro atoms. The van der Waals surface area contributed by atoms with Gasteiger partial charge in [-0.1, -0.05) is 17.7 Å². The second-order valence-corrected chi connectivity index (χ2v) is 4.87. The molecule has 0 aliphatic carbocycles. The van der Waals surface area contributed by atoms with Crippen LogP contribution in [0.3, 0.4) is 0 Å². The highest BCUT2D eigenvalue weighted by Crippen LogP contribution is 2.10. The first-order valence-corrected chi connectivity index (χ1v) is 7.05. The molecule has 0 unspecified atom stereocenters. The van der Waals surface area contributed by atoms with Crippen LogP contribution in [0.15, 0.2) is 24.3 Å². The van der Waals surface area contributed by atoms with Crippen molar-refractivity contribution in [1.82, 2.24) is 10.2 Å². The summed E-state index contributed by atoms with van der Waals surface area (Å²) in [5, 5.41) is 3.35. The lowest BCUT2D eigenvalue weighted by Gasteiger charge is -2.26. The third-order valence-corrected chi connectivity index (χ3v) is 3.28. The van der Waals surface area contributed by atoms with E-state index in [1.54, 1.807) is 0 Å². The Morgan fingerprint density at radius 2 is 1.79 bits per heavy atom. The van der Waals surface area contributed by atoms with Crippen molar-refractivity contribution < 1.29 is 9.47 Å². The van der Waals surface area contributed by atoms with Gasteiger partial charge in [-0.15, -0.1) is 0 Å². The van der Waals surface area contributed by atoms with Gasteiger partial charge in [0.2, 0.25) is 0 Å². The maximum absolute atomic E-state index is 5.60. The predicted molar refractivity (Wildman–Crippen MR) is 76.8 cm³/mol. The molecule has 0 atom stereocenters. The van der Waals surface area contributed by atoms with Crippen LogP contribution in [-0.2, 0) is 4.74 Å². The largest absolute Gasteiger partial charge is 0.491 e. The Hall–Kier alpha value is -1.10. The van der Waals surface area contributed by atoms with Gasteiger partial charge in [0, 0.05) is 32.7 Å². The van der Waals surface area contributed by atoms with Gasteiger partial charge in [-0.05, 0) is 19.1 Å². The van der Waals surface area contributed by atoms with Gasteiger partial charge in [0.15, 0.2) is 0 Å². The Kier molecular flexibility index (Phi) is 6.14. The molecule has 1 N–H and O–H groups in total. The summed E-state index contributed by atoms with van der Waals surface area (Å²) in [6.07, 6.45) is 0. The average molecular weight is 264 g/mol. The van der Waals surface area contributed by atoms with Gasteiger partial charge < -0.3 is 14.8 Å². The minimum absolute atomic E-state index is 0.616. The zero-order chi connectivity index (χ0) is 13.3. The Morgan fingerprint density at radius 3 is 2.53 bits per heavy atom. The molecular weight excluding hydrogens is 240 g/mol. The summed E-state index contributed by atoms with van der Waals surface area (Å²) in [4.78, 5) is 2.43. The van der Waals surface area contributed by atoms with Crippen molar-refractivity contribution in [2.24, 2.45) is 0 Å². The van der Waals surface area contributed by atoms with E-state index in [9.17, 15) is 0 Å². The number of hydrogen-bond donors (Lipinski definition) is 1. The maximum Gasteiger partial charge on any atom is 0.119 e. The van der Waals surface area contributed by atoms with Gasteiger partial charge >= 0.3 is 0 Å². The zero-order valence-electron chi connectivity index (χ0n) is 11.7. The highest BCUT2D eigenvalue weighted by atomic mass is 16.5. The van der Waals surface area contributed by atoms with E-state index in [0.29, 0.717) is 13.2 Å². The Balaban J connectivity index is 1.49. The quantitative estimate of drug-likeness (QED) is 0.753. The van der Waals surface area contributed by atoms with Crippen LogP contribution in [0.2, 0.25) is 0 Å². The number of piperazine rings is 1. The van der Waals surface area contributed by atoms with Gasteiger partial charge in [-0.25, -0.2) is 0 Å². The summed E-state index contributed by atoms with van der Waals surface area (Å²) in [5.74, 6) is 0.913. The molecule has 106 valence electrons. The van der Waals surface area contributed by atoms with Gasteiger partial charge in [0.25, 0.3) is 0 Å². The van der Waals surface area contributed by atoms with E-state index in [-0.39, 0.29) is 0 Å². The molecule has 0 amide bonds. The molecule has 2 rings (SSSR count). The van der Waals surface area contributed by atoms with Crippen LogP contribution in [0.25, 0.3) is 0 Å². The fourth-order valence-corrected chi connectivity index (χ4v) is 2.08. The predicted octanol–water partition coefficient (Wildman–Crippen LogP) is 1.30. The molecule has 0 radical (unpaired) electrons. The van der Waals surface area contributed by atoms with E-state index >= 15 is 0 Å². The van der Waals surface area contributed by atoms with Crippen LogP contribution in [0.1, 0.15) is 5.56 Å². The summed E-state index contributed by atoms with van der Waals surface area (Å²) >= 11 is 0. The van der Waals surface area contributed by atoms with Crippen LogP contribution < -0.4 is 10.1 Å². The van der Waals surface area contributed by atoms with Crippen molar-refractivity contribution in [3.63, 3.8) is 0 Å². The van der Waals surface area contributed by atoms with E-state index in [2.05, 4.69) is 29.3 Å². The molecule has 1 saturated heterocycles. The van der Waals surface area contributed by atoms with Crippen LogP contribution in [-0.4, -0.2) is 57.4 Å². The van der Waals surface area contributed by atoms with Gasteiger partial charge in [0.1, 0.15) is 12.4 Å². The van der Waals surface area contributed by atoms with Crippen LogP contribution in [0.4, 0.5) is 0 Å². The van der Waals surface area contributed by atoms with E-state index in [0.717, 1.165) is 45.1 Å². The molecule has 19 heavy (non-hydrogen) atoms. The van der Waals surface area contributed by atoms with Crippen LogP contribution in [0.5, 0.6) is 5.75 Å². The van der Waals surface area contributed by atoms with Crippen molar-refractivity contribution in [3.8, 4) is 5.75 Å². The van der Waals surface area contributed by atoms with E-state index < -0.39 is 0 Å². The number of benzene rings is 1. The summed E-state index contributed by atoms with van der Waals surface area (Å²) in [7, 11) is 0. The molecule has 1 fully saturated rings. The normalized spacial score (nSPS) is 16.5. The molecule has 4 heteroatoms. The monoisotopic (exact) mass is 264 g/mol. The first-order valence-electron chi connectivity index (χ1n) is 7.05. The molecule has 1 aromatic carbocycles. The summed E-state index contributed by atoms with van der Waals surface area (Å²) < 4.78 is 11.2. The van der Waals surface area contributed by atoms with Crippen molar-refractivity contribution >= 4 is 0 Å². The number of nitrogens with one attached hydrogen (secondary N) is 1. The molecule has 1 heterocycles. The number of rotatable bonds is 7. The minimum Gasteiger partial charge on any atom is -0.491 e. The SMILES string of the molecule is Cc1ccc(OCCOCCN2CCNCC2)cc1. The Morgan fingerprint density at radius 1 is 1.05 bits per heavy atom. The summed E-state index contributed by atoms with van der Waals surface area (Å²) in [5.41, 5.74) is 1.25. The highest BCUT2D eigenvalue weighted by molar-refractivity contribution is 5.26. The Bertz CT molecular complexity index is 348. The molecule has 4 nitrogen and oxygen atoms in total. The van der Waals surface area contributed by atoms with Crippen molar-refractivity contribution in [3.05, 3.63) is 29.8 Å². The van der Waals surface area contributed by atoms with Crippen molar-refractivity contribution in [2.75, 3.05) is 52.5 Å². The first-order chi connectivity index (χ1) is 9.34. The standard InChI is InChI=1S/C15H24N2O2/c1-14-2-4-15(5-3-14)19-13-12-18-11-10-17-8-6-16-7-9-17/h2-5,16H,6-13H2,1H3. The zero-order valence-corrected chi connectivity index (χ0v) is 11.7. The molecule has 1 aliphatic heterocycles. The fourth-order valence-electron chi connectivity index (χ4n) is 2.08. The smallest absolute Gasteiger partial charge is 0.119 e. The third-order valence-electron chi connectivity index (χ3n) is 3.28. The van der Waals surface area contributed by atoms with Crippen LogP contribution >= 0.6 is 0 Å². The number of nitrogens with zero attached hydrogens (tertiary/aromatic N) is 1. The summed E-state index contributed by atoms with van der Waals surface area (Å²) in [6.45, 7) is 9.59. The van der Waals surface area contributed by atoms with E-state index in [4.69, 9.17) is 9.47 Å². The van der Waals surface area contributed by atoms with E-state index in [1.165, 1.54) is 5.56 Å². The second kappa shape index (κ2) is 8.15. The lowest BCUT2D eigenvalue weighted by molar-refractivity contribution is 0.0767.